The zero-order valence-corrected chi connectivity index (χ0v) is 23.4. The van der Waals surface area contributed by atoms with Crippen molar-refractivity contribution in [2.75, 3.05) is 0 Å². The SMILES string of the molecule is CC(C)(C)OC(=O)NCc1nc2ccc(C#CC#Cc3ccc4nc(CNC(=O)OC(C)(C)C)[nH]c4c3)cc2[nH]1. The van der Waals surface area contributed by atoms with Gasteiger partial charge in [0.25, 0.3) is 0 Å². The highest BCUT2D eigenvalue weighted by atomic mass is 16.6. The lowest BCUT2D eigenvalue weighted by Gasteiger charge is -2.19. The summed E-state index contributed by atoms with van der Waals surface area (Å²) in [4.78, 5) is 39.1. The van der Waals surface area contributed by atoms with Crippen molar-refractivity contribution in [2.24, 2.45) is 0 Å². The molecular weight excluding hydrogens is 508 g/mol. The molecule has 0 unspecified atom stereocenters. The van der Waals surface area contributed by atoms with Crippen molar-refractivity contribution in [3.63, 3.8) is 0 Å². The van der Waals surface area contributed by atoms with E-state index in [4.69, 9.17) is 9.47 Å². The van der Waals surface area contributed by atoms with Gasteiger partial charge < -0.3 is 30.1 Å². The van der Waals surface area contributed by atoms with E-state index in [1.165, 1.54) is 0 Å². The number of H-pyrrole nitrogens is 2. The van der Waals surface area contributed by atoms with Crippen LogP contribution in [-0.4, -0.2) is 43.3 Å². The van der Waals surface area contributed by atoms with Gasteiger partial charge in [-0.25, -0.2) is 19.6 Å². The molecule has 4 rings (SSSR count). The van der Waals surface area contributed by atoms with Crippen LogP contribution in [0.2, 0.25) is 0 Å². The van der Waals surface area contributed by atoms with Gasteiger partial charge in [0.2, 0.25) is 0 Å². The maximum atomic E-state index is 11.9. The van der Waals surface area contributed by atoms with Crippen LogP contribution in [-0.2, 0) is 22.6 Å². The van der Waals surface area contributed by atoms with Crippen molar-refractivity contribution in [3.8, 4) is 23.7 Å². The normalized spacial score (nSPS) is 11.2. The van der Waals surface area contributed by atoms with Crippen LogP contribution < -0.4 is 10.6 Å². The summed E-state index contributed by atoms with van der Waals surface area (Å²) in [5, 5.41) is 5.38. The number of nitrogens with one attached hydrogen (secondary N) is 4. The zero-order chi connectivity index (χ0) is 28.9. The summed E-state index contributed by atoms with van der Waals surface area (Å²) in [6, 6.07) is 11.2. The van der Waals surface area contributed by atoms with E-state index in [1.54, 1.807) is 0 Å². The van der Waals surface area contributed by atoms with Crippen LogP contribution in [0.5, 0.6) is 0 Å². The third-order valence-electron chi connectivity index (χ3n) is 5.14. The number of amides is 2. The van der Waals surface area contributed by atoms with E-state index in [0.29, 0.717) is 11.6 Å². The number of aromatic amines is 2. The van der Waals surface area contributed by atoms with Crippen LogP contribution in [0, 0.1) is 23.7 Å². The Hall–Kier alpha value is -4.96. The monoisotopic (exact) mass is 540 g/mol. The molecule has 0 fully saturated rings. The van der Waals surface area contributed by atoms with Crippen LogP contribution in [0.15, 0.2) is 36.4 Å². The first-order valence-electron chi connectivity index (χ1n) is 12.8. The van der Waals surface area contributed by atoms with E-state index in [1.807, 2.05) is 77.9 Å². The Bertz CT molecular complexity index is 1550. The average molecular weight is 541 g/mol. The molecule has 4 N–H and O–H groups in total. The fourth-order valence-electron chi connectivity index (χ4n) is 3.59. The number of nitrogens with zero attached hydrogens (tertiary/aromatic N) is 2. The second-order valence-electron chi connectivity index (χ2n) is 11.0. The maximum Gasteiger partial charge on any atom is 0.408 e. The third kappa shape index (κ3) is 8.27. The molecule has 0 saturated carbocycles. The quantitative estimate of drug-likeness (QED) is 0.272. The van der Waals surface area contributed by atoms with E-state index in [-0.39, 0.29) is 13.1 Å². The fraction of sp³-hybridized carbons (Fsp3) is 0.333. The highest BCUT2D eigenvalue weighted by molar-refractivity contribution is 5.78. The van der Waals surface area contributed by atoms with Gasteiger partial charge >= 0.3 is 12.2 Å². The first kappa shape index (κ1) is 28.1. The second kappa shape index (κ2) is 11.4. The number of rotatable bonds is 4. The van der Waals surface area contributed by atoms with Gasteiger partial charge in [-0.15, -0.1) is 0 Å². The summed E-state index contributed by atoms with van der Waals surface area (Å²) in [5.74, 6) is 13.1. The molecule has 0 aliphatic rings. The predicted molar refractivity (Wildman–Crippen MR) is 152 cm³/mol. The summed E-state index contributed by atoms with van der Waals surface area (Å²) in [6.45, 7) is 11.3. The molecular formula is C30H32N6O4. The van der Waals surface area contributed by atoms with E-state index in [9.17, 15) is 9.59 Å². The molecule has 2 amide bonds. The van der Waals surface area contributed by atoms with Gasteiger partial charge in [0.05, 0.1) is 35.2 Å². The van der Waals surface area contributed by atoms with Crippen molar-refractivity contribution in [2.45, 2.75) is 65.8 Å². The van der Waals surface area contributed by atoms with Crippen molar-refractivity contribution < 1.29 is 19.1 Å². The Morgan fingerprint density at radius 1 is 0.725 bits per heavy atom. The molecule has 0 bridgehead atoms. The minimum Gasteiger partial charge on any atom is -0.444 e. The van der Waals surface area contributed by atoms with Crippen LogP contribution in [0.25, 0.3) is 22.1 Å². The van der Waals surface area contributed by atoms with E-state index >= 15 is 0 Å². The molecule has 0 saturated heterocycles. The number of carbonyl (C=O) groups excluding carboxylic acids is 2. The molecule has 0 aliphatic carbocycles. The molecule has 4 aromatic rings. The summed E-state index contributed by atoms with van der Waals surface area (Å²) >= 11 is 0. The molecule has 40 heavy (non-hydrogen) atoms. The minimum atomic E-state index is -0.564. The number of fused-ring (bicyclic) bond motifs is 2. The van der Waals surface area contributed by atoms with Gasteiger partial charge in [-0.1, -0.05) is 11.8 Å². The van der Waals surface area contributed by atoms with Crippen LogP contribution >= 0.6 is 0 Å². The molecule has 10 heteroatoms. The number of ether oxygens (including phenoxy) is 2. The fourth-order valence-corrected chi connectivity index (χ4v) is 3.59. The number of hydrogen-bond acceptors (Lipinski definition) is 6. The smallest absolute Gasteiger partial charge is 0.408 e. The van der Waals surface area contributed by atoms with Crippen LogP contribution in [0.1, 0.15) is 64.3 Å². The first-order chi connectivity index (χ1) is 18.8. The number of alkyl carbamates (subject to hydrolysis) is 2. The maximum absolute atomic E-state index is 11.9. The Kier molecular flexibility index (Phi) is 8.01. The van der Waals surface area contributed by atoms with Gasteiger partial charge in [-0.05, 0) is 89.8 Å². The largest absolute Gasteiger partial charge is 0.444 e. The van der Waals surface area contributed by atoms with Crippen molar-refractivity contribution in [1.29, 1.82) is 0 Å². The van der Waals surface area contributed by atoms with Gasteiger partial charge in [0.1, 0.15) is 22.9 Å². The molecule has 0 spiro atoms. The van der Waals surface area contributed by atoms with Gasteiger partial charge in [0, 0.05) is 11.1 Å². The van der Waals surface area contributed by atoms with Crippen molar-refractivity contribution >= 4 is 34.3 Å². The van der Waals surface area contributed by atoms with Crippen molar-refractivity contribution in [1.82, 2.24) is 30.6 Å². The lowest BCUT2D eigenvalue weighted by Crippen LogP contribution is -2.32. The minimum absolute atomic E-state index is 0.221. The molecule has 0 aliphatic heterocycles. The Balaban J connectivity index is 1.36. The van der Waals surface area contributed by atoms with E-state index in [2.05, 4.69) is 54.3 Å². The molecule has 2 aromatic heterocycles. The topological polar surface area (TPSA) is 134 Å². The average Bonchev–Trinajstić information content (AvgIpc) is 3.44. The standard InChI is InChI=1S/C30H32N6O4/c1-29(2,3)39-27(37)31-17-25-33-21-13-11-19(15-23(21)35-25)9-7-8-10-20-12-14-22-24(16-20)36-26(34-22)18-32-28(38)40-30(4,5)6/h11-16H,17-18H2,1-6H3,(H,31,37)(H,32,38)(H,33,35)(H,34,36). The first-order valence-corrected chi connectivity index (χ1v) is 12.8. The predicted octanol–water partition coefficient (Wildman–Crippen LogP) is 4.89. The number of carbonyl (C=O) groups is 2. The van der Waals surface area contributed by atoms with E-state index < -0.39 is 23.4 Å². The summed E-state index contributed by atoms with van der Waals surface area (Å²) in [6.07, 6.45) is -0.999. The van der Waals surface area contributed by atoms with Gasteiger partial charge in [-0.3, -0.25) is 0 Å². The molecule has 0 radical (unpaired) electrons. The number of aromatic nitrogens is 4. The lowest BCUT2D eigenvalue weighted by molar-refractivity contribution is 0.0511. The summed E-state index contributed by atoms with van der Waals surface area (Å²) < 4.78 is 10.5. The third-order valence-corrected chi connectivity index (χ3v) is 5.14. The highest BCUT2D eigenvalue weighted by Gasteiger charge is 2.17. The number of hydrogen-bond donors (Lipinski definition) is 4. The molecule has 2 heterocycles. The Labute approximate surface area is 232 Å². The second-order valence-corrected chi connectivity index (χ2v) is 11.0. The number of benzene rings is 2. The van der Waals surface area contributed by atoms with E-state index in [0.717, 1.165) is 33.2 Å². The van der Waals surface area contributed by atoms with Crippen LogP contribution in [0.4, 0.5) is 9.59 Å². The summed E-state index contributed by atoms with van der Waals surface area (Å²) in [5.41, 5.74) is 3.59. The molecule has 2 aromatic carbocycles. The highest BCUT2D eigenvalue weighted by Crippen LogP contribution is 2.15. The van der Waals surface area contributed by atoms with Crippen molar-refractivity contribution in [3.05, 3.63) is 59.2 Å². The van der Waals surface area contributed by atoms with Gasteiger partial charge in [0.15, 0.2) is 0 Å². The zero-order valence-electron chi connectivity index (χ0n) is 23.4. The Morgan fingerprint density at radius 2 is 1.12 bits per heavy atom. The summed E-state index contributed by atoms with van der Waals surface area (Å²) in [7, 11) is 0. The Morgan fingerprint density at radius 3 is 1.50 bits per heavy atom. The molecule has 10 nitrogen and oxygen atoms in total. The molecule has 0 atom stereocenters. The molecule has 206 valence electrons. The van der Waals surface area contributed by atoms with Gasteiger partial charge in [-0.2, -0.15) is 0 Å². The van der Waals surface area contributed by atoms with Crippen LogP contribution in [0.3, 0.4) is 0 Å². The number of imidazole rings is 2. The lowest BCUT2D eigenvalue weighted by atomic mass is 10.2.